The Hall–Kier alpha value is -4.99. The normalized spacial score (nSPS) is 13.6. The van der Waals surface area contributed by atoms with E-state index in [1.807, 2.05) is 11.8 Å². The summed E-state index contributed by atoms with van der Waals surface area (Å²) in [6.07, 6.45) is -2.72. The van der Waals surface area contributed by atoms with Gasteiger partial charge in [-0.2, -0.15) is 13.2 Å². The van der Waals surface area contributed by atoms with E-state index < -0.39 is 30.8 Å². The molecule has 4 aromatic heterocycles. The summed E-state index contributed by atoms with van der Waals surface area (Å²) in [4.78, 5) is 56.7. The number of pyridine rings is 3. The zero-order valence-corrected chi connectivity index (χ0v) is 26.5. The monoisotopic (exact) mass is 671 g/mol. The Balaban J connectivity index is 1.51. The topological polar surface area (TPSA) is 143 Å². The first kappa shape index (κ1) is 33.4. The number of ether oxygens (including phenoxy) is 1. The van der Waals surface area contributed by atoms with Crippen LogP contribution >= 0.6 is 11.3 Å². The summed E-state index contributed by atoms with van der Waals surface area (Å²) in [5.74, 6) is -0.939. The van der Waals surface area contributed by atoms with Crippen LogP contribution < -0.4 is 20.4 Å². The second kappa shape index (κ2) is 13.8. The third-order valence-corrected chi connectivity index (χ3v) is 8.70. The highest BCUT2D eigenvalue weighted by molar-refractivity contribution is 7.21. The fraction of sp³-hybridized carbons (Fsp3) is 0.355. The zero-order chi connectivity index (χ0) is 33.9. The van der Waals surface area contributed by atoms with Crippen molar-refractivity contribution in [1.82, 2.24) is 29.7 Å². The van der Waals surface area contributed by atoms with E-state index in [1.165, 1.54) is 25.4 Å². The predicted molar refractivity (Wildman–Crippen MR) is 170 cm³/mol. The highest BCUT2D eigenvalue weighted by Crippen LogP contribution is 2.33. The van der Waals surface area contributed by atoms with Crippen LogP contribution in [-0.4, -0.2) is 80.8 Å². The molecule has 0 unspecified atom stereocenters. The number of fused-ring (bicyclic) bond motifs is 1. The van der Waals surface area contributed by atoms with Crippen LogP contribution in [-0.2, 0) is 17.8 Å². The molecule has 47 heavy (non-hydrogen) atoms. The molecule has 1 saturated heterocycles. The van der Waals surface area contributed by atoms with E-state index in [0.29, 0.717) is 34.3 Å². The minimum absolute atomic E-state index is 0.0632. The number of amides is 2. The van der Waals surface area contributed by atoms with Gasteiger partial charge in [0.25, 0.3) is 5.91 Å². The molecule has 16 heteroatoms. The van der Waals surface area contributed by atoms with Crippen LogP contribution in [0.25, 0.3) is 20.9 Å². The molecule has 0 radical (unpaired) electrons. The molecule has 0 saturated carbocycles. The first-order valence-electron chi connectivity index (χ1n) is 14.7. The Morgan fingerprint density at radius 2 is 1.89 bits per heavy atom. The molecule has 248 valence electrons. The SMILES string of the molecule is C=C(CCC(F)(F)F)NC(=O)Cn1c(CC)c(N2CCN(C(=O)c3ncccc3O)CC2)c(=O)c2sc(-c3ccnc(OC)c3)nc21. The van der Waals surface area contributed by atoms with Gasteiger partial charge in [0, 0.05) is 68.0 Å². The van der Waals surface area contributed by atoms with Crippen molar-refractivity contribution < 1.29 is 32.6 Å². The third kappa shape index (κ3) is 7.37. The van der Waals surface area contributed by atoms with E-state index in [9.17, 15) is 32.7 Å². The lowest BCUT2D eigenvalue weighted by molar-refractivity contribution is -0.134. The fourth-order valence-corrected chi connectivity index (χ4v) is 6.36. The zero-order valence-electron chi connectivity index (χ0n) is 25.6. The van der Waals surface area contributed by atoms with Crippen molar-refractivity contribution in [2.75, 3.05) is 38.2 Å². The molecule has 4 aromatic rings. The highest BCUT2D eigenvalue weighted by Gasteiger charge is 2.30. The summed E-state index contributed by atoms with van der Waals surface area (Å²) in [7, 11) is 1.47. The Kier molecular flexibility index (Phi) is 9.79. The first-order chi connectivity index (χ1) is 22.4. The second-order valence-corrected chi connectivity index (χ2v) is 11.7. The van der Waals surface area contributed by atoms with Gasteiger partial charge in [0.2, 0.25) is 17.2 Å². The summed E-state index contributed by atoms with van der Waals surface area (Å²) in [5.41, 5.74) is 1.30. The van der Waals surface area contributed by atoms with Gasteiger partial charge in [-0.05, 0) is 31.0 Å². The van der Waals surface area contributed by atoms with Gasteiger partial charge >= 0.3 is 6.18 Å². The lowest BCUT2D eigenvalue weighted by atomic mass is 10.1. The number of aromatic nitrogens is 4. The molecule has 1 aliphatic rings. The lowest BCUT2D eigenvalue weighted by Crippen LogP contribution is -2.50. The Morgan fingerprint density at radius 1 is 1.15 bits per heavy atom. The molecule has 0 bridgehead atoms. The summed E-state index contributed by atoms with van der Waals surface area (Å²) in [6, 6.07) is 6.28. The molecule has 0 aliphatic carbocycles. The van der Waals surface area contributed by atoms with E-state index in [2.05, 4.69) is 21.9 Å². The number of thiazole rings is 1. The summed E-state index contributed by atoms with van der Waals surface area (Å²) in [6.45, 7) is 6.09. The molecular formula is C31H32F3N7O5S. The fourth-order valence-electron chi connectivity index (χ4n) is 5.35. The van der Waals surface area contributed by atoms with E-state index in [-0.39, 0.29) is 65.6 Å². The van der Waals surface area contributed by atoms with Crippen LogP contribution in [0.4, 0.5) is 18.9 Å². The number of nitrogens with one attached hydrogen (secondary N) is 1. The van der Waals surface area contributed by atoms with Gasteiger partial charge in [-0.3, -0.25) is 14.4 Å². The molecule has 12 nitrogen and oxygen atoms in total. The van der Waals surface area contributed by atoms with Crippen molar-refractivity contribution >= 4 is 39.2 Å². The second-order valence-electron chi connectivity index (χ2n) is 10.7. The van der Waals surface area contributed by atoms with Crippen molar-refractivity contribution in [2.45, 2.75) is 38.9 Å². The number of alkyl halides is 3. The van der Waals surface area contributed by atoms with Crippen LogP contribution in [0, 0.1) is 0 Å². The van der Waals surface area contributed by atoms with Crippen LogP contribution in [0.15, 0.2) is 53.7 Å². The maximum absolute atomic E-state index is 14.2. The van der Waals surface area contributed by atoms with Gasteiger partial charge in [0.15, 0.2) is 11.3 Å². The molecule has 1 aliphatic heterocycles. The molecular weight excluding hydrogens is 639 g/mol. The van der Waals surface area contributed by atoms with E-state index in [4.69, 9.17) is 9.72 Å². The van der Waals surface area contributed by atoms with Crippen LogP contribution in [0.5, 0.6) is 11.6 Å². The lowest BCUT2D eigenvalue weighted by Gasteiger charge is -2.37. The molecule has 0 atom stereocenters. The largest absolute Gasteiger partial charge is 0.505 e. The number of hydrogen-bond donors (Lipinski definition) is 2. The number of aromatic hydroxyl groups is 1. The van der Waals surface area contributed by atoms with Gasteiger partial charge in [0.05, 0.1) is 7.11 Å². The molecule has 0 spiro atoms. The van der Waals surface area contributed by atoms with Gasteiger partial charge in [0.1, 0.15) is 27.7 Å². The molecule has 2 amide bonds. The molecule has 0 aromatic carbocycles. The molecule has 5 rings (SSSR count). The van der Waals surface area contributed by atoms with Crippen molar-refractivity contribution in [3.63, 3.8) is 0 Å². The Morgan fingerprint density at radius 3 is 2.55 bits per heavy atom. The van der Waals surface area contributed by atoms with Crippen molar-refractivity contribution in [2.24, 2.45) is 0 Å². The number of rotatable bonds is 10. The average Bonchev–Trinajstić information content (AvgIpc) is 3.51. The van der Waals surface area contributed by atoms with E-state index >= 15 is 0 Å². The third-order valence-electron chi connectivity index (χ3n) is 7.61. The number of allylic oxidation sites excluding steroid dienone is 1. The quantitative estimate of drug-likeness (QED) is 0.255. The minimum atomic E-state index is -4.40. The number of carbonyl (C=O) groups is 2. The van der Waals surface area contributed by atoms with Gasteiger partial charge in [-0.25, -0.2) is 15.0 Å². The predicted octanol–water partition coefficient (Wildman–Crippen LogP) is 4.13. The Bertz CT molecular complexity index is 1880. The van der Waals surface area contributed by atoms with Crippen LogP contribution in [0.3, 0.4) is 0 Å². The molecule has 1 fully saturated rings. The first-order valence-corrected chi connectivity index (χ1v) is 15.5. The maximum atomic E-state index is 14.2. The number of hydrogen-bond acceptors (Lipinski definition) is 10. The van der Waals surface area contributed by atoms with Crippen molar-refractivity contribution in [3.05, 3.63) is 70.5 Å². The average molecular weight is 672 g/mol. The van der Waals surface area contributed by atoms with Crippen LogP contribution in [0.1, 0.15) is 35.9 Å². The smallest absolute Gasteiger partial charge is 0.389 e. The van der Waals surface area contributed by atoms with Gasteiger partial charge < -0.3 is 29.5 Å². The summed E-state index contributed by atoms with van der Waals surface area (Å²) >= 11 is 1.13. The summed E-state index contributed by atoms with van der Waals surface area (Å²) < 4.78 is 45.4. The van der Waals surface area contributed by atoms with Gasteiger partial charge in [-0.15, -0.1) is 11.3 Å². The van der Waals surface area contributed by atoms with E-state index in [1.54, 1.807) is 27.8 Å². The van der Waals surface area contributed by atoms with Crippen molar-refractivity contribution in [3.8, 4) is 22.2 Å². The number of nitrogens with zero attached hydrogens (tertiary/aromatic N) is 6. The molecule has 2 N–H and O–H groups in total. The minimum Gasteiger partial charge on any atom is -0.505 e. The summed E-state index contributed by atoms with van der Waals surface area (Å²) in [5, 5.41) is 13.1. The molecule has 5 heterocycles. The number of piperazine rings is 1. The number of anilines is 1. The van der Waals surface area contributed by atoms with E-state index in [0.717, 1.165) is 11.3 Å². The maximum Gasteiger partial charge on any atom is 0.389 e. The van der Waals surface area contributed by atoms with Gasteiger partial charge in [-0.1, -0.05) is 13.5 Å². The number of halogens is 3. The number of methoxy groups -OCH3 is 1. The van der Waals surface area contributed by atoms with Crippen molar-refractivity contribution in [1.29, 1.82) is 0 Å². The Labute approximate surface area is 271 Å². The number of carbonyl (C=O) groups excluding carboxylic acids is 2. The van der Waals surface area contributed by atoms with Crippen LogP contribution in [0.2, 0.25) is 0 Å². The highest BCUT2D eigenvalue weighted by atomic mass is 32.1. The standard InChI is InChI=1S/C31H32F3N7O5S/c1-4-20-25(39-12-14-40(15-13-39)30(45)24-21(42)6-5-10-36-24)26(44)27-28(38-29(47-27)19-8-11-35-23(16-19)46-3)41(20)17-22(43)37-18(2)7-9-31(32,33)34/h5-6,8,10-11,16,42H,2,4,7,9,12-15,17H2,1,3H3,(H,37,43).